The van der Waals surface area contributed by atoms with Crippen LogP contribution < -0.4 is 5.73 Å². The van der Waals surface area contributed by atoms with Crippen LogP contribution in [0.2, 0.25) is 0 Å². The number of nitro groups is 1. The number of nitrogens with zero attached hydrogens (tertiary/aromatic N) is 1. The van der Waals surface area contributed by atoms with Crippen LogP contribution in [0.1, 0.15) is 12.0 Å². The molecule has 1 heterocycles. The van der Waals surface area contributed by atoms with Gasteiger partial charge in [-0.1, -0.05) is 12.1 Å². The standard InChI is InChI=1S/C12H15FN2O4S/c13-12-8(2-1-3-11(12)15(16)17)6-10(14)9-4-5-20(18,19)7-9/h1-3,9-10H,4-7,14H2. The van der Waals surface area contributed by atoms with Crippen molar-refractivity contribution < 1.29 is 17.7 Å². The minimum Gasteiger partial charge on any atom is -0.327 e. The normalized spacial score (nSPS) is 22.6. The summed E-state index contributed by atoms with van der Waals surface area (Å²) in [5.41, 5.74) is 5.49. The van der Waals surface area contributed by atoms with Gasteiger partial charge in [-0.3, -0.25) is 10.1 Å². The van der Waals surface area contributed by atoms with Gasteiger partial charge in [0.15, 0.2) is 9.84 Å². The lowest BCUT2D eigenvalue weighted by Gasteiger charge is -2.17. The van der Waals surface area contributed by atoms with E-state index in [1.54, 1.807) is 0 Å². The van der Waals surface area contributed by atoms with Gasteiger partial charge in [-0.2, -0.15) is 4.39 Å². The predicted molar refractivity (Wildman–Crippen MR) is 71.5 cm³/mol. The molecule has 0 aliphatic carbocycles. The molecule has 0 aromatic heterocycles. The van der Waals surface area contributed by atoms with Gasteiger partial charge in [0, 0.05) is 12.1 Å². The van der Waals surface area contributed by atoms with E-state index in [1.165, 1.54) is 12.1 Å². The highest BCUT2D eigenvalue weighted by Crippen LogP contribution is 2.26. The van der Waals surface area contributed by atoms with Gasteiger partial charge in [0.2, 0.25) is 5.82 Å². The van der Waals surface area contributed by atoms with Crippen LogP contribution >= 0.6 is 0 Å². The number of nitrogens with two attached hydrogens (primary N) is 1. The van der Waals surface area contributed by atoms with Gasteiger partial charge in [-0.15, -0.1) is 0 Å². The summed E-state index contributed by atoms with van der Waals surface area (Å²) in [7, 11) is -3.05. The topological polar surface area (TPSA) is 103 Å². The molecule has 1 aliphatic rings. The molecule has 1 aromatic rings. The minimum absolute atomic E-state index is 0.00468. The molecule has 2 unspecified atom stereocenters. The zero-order valence-electron chi connectivity index (χ0n) is 10.7. The maximum atomic E-state index is 13.9. The zero-order valence-corrected chi connectivity index (χ0v) is 11.5. The Morgan fingerprint density at radius 2 is 2.20 bits per heavy atom. The average molecular weight is 302 g/mol. The molecule has 110 valence electrons. The largest absolute Gasteiger partial charge is 0.327 e. The summed E-state index contributed by atoms with van der Waals surface area (Å²) >= 11 is 0. The first-order valence-corrected chi connectivity index (χ1v) is 8.00. The summed E-state index contributed by atoms with van der Waals surface area (Å²) < 4.78 is 36.7. The summed E-state index contributed by atoms with van der Waals surface area (Å²) in [5, 5.41) is 10.7. The van der Waals surface area contributed by atoms with Gasteiger partial charge in [0.1, 0.15) is 0 Å². The molecule has 20 heavy (non-hydrogen) atoms. The number of nitro benzene ring substituents is 1. The number of sulfone groups is 1. The highest BCUT2D eigenvalue weighted by Gasteiger charge is 2.32. The number of rotatable bonds is 4. The average Bonchev–Trinajstić information content (AvgIpc) is 2.72. The molecule has 2 N–H and O–H groups in total. The van der Waals surface area contributed by atoms with E-state index in [9.17, 15) is 22.9 Å². The third-order valence-electron chi connectivity index (χ3n) is 3.58. The van der Waals surface area contributed by atoms with Crippen molar-refractivity contribution in [2.45, 2.75) is 18.9 Å². The van der Waals surface area contributed by atoms with Crippen molar-refractivity contribution in [3.05, 3.63) is 39.7 Å². The first kappa shape index (κ1) is 14.9. The van der Waals surface area contributed by atoms with E-state index in [0.717, 1.165) is 6.07 Å². The molecular weight excluding hydrogens is 287 g/mol. The Balaban J connectivity index is 2.14. The molecule has 2 rings (SSSR count). The van der Waals surface area contributed by atoms with Crippen molar-refractivity contribution in [3.63, 3.8) is 0 Å². The van der Waals surface area contributed by atoms with Gasteiger partial charge >= 0.3 is 5.69 Å². The minimum atomic E-state index is -3.05. The van der Waals surface area contributed by atoms with Gasteiger partial charge < -0.3 is 5.73 Å². The fraction of sp³-hybridized carbons (Fsp3) is 0.500. The summed E-state index contributed by atoms with van der Waals surface area (Å²) in [6.45, 7) is 0. The van der Waals surface area contributed by atoms with Gasteiger partial charge in [0.25, 0.3) is 0 Å². The SMILES string of the molecule is NC(Cc1cccc([N+](=O)[O-])c1F)C1CCS(=O)(=O)C1. The third-order valence-corrected chi connectivity index (χ3v) is 5.38. The number of benzene rings is 1. The molecule has 0 radical (unpaired) electrons. The van der Waals surface area contributed by atoms with Crippen LogP contribution in [0, 0.1) is 21.8 Å². The van der Waals surface area contributed by atoms with Crippen LogP contribution in [-0.2, 0) is 16.3 Å². The predicted octanol–water partition coefficient (Wildman–Crippen LogP) is 1.04. The molecule has 8 heteroatoms. The van der Waals surface area contributed by atoms with E-state index in [1.807, 2.05) is 0 Å². The van der Waals surface area contributed by atoms with Crippen LogP contribution in [0.5, 0.6) is 0 Å². The zero-order chi connectivity index (χ0) is 14.9. The number of hydrogen-bond acceptors (Lipinski definition) is 5. The fourth-order valence-electron chi connectivity index (χ4n) is 2.45. The molecule has 6 nitrogen and oxygen atoms in total. The van der Waals surface area contributed by atoms with E-state index in [4.69, 9.17) is 5.73 Å². The van der Waals surface area contributed by atoms with Crippen molar-refractivity contribution in [2.24, 2.45) is 11.7 Å². The van der Waals surface area contributed by atoms with Crippen molar-refractivity contribution in [1.29, 1.82) is 0 Å². The van der Waals surface area contributed by atoms with Gasteiger partial charge in [-0.25, -0.2) is 8.42 Å². The second-order valence-electron chi connectivity index (χ2n) is 5.04. The Labute approximate surface area is 115 Å². The lowest BCUT2D eigenvalue weighted by Crippen LogP contribution is -2.33. The van der Waals surface area contributed by atoms with E-state index in [-0.39, 0.29) is 29.4 Å². The van der Waals surface area contributed by atoms with Crippen molar-refractivity contribution in [3.8, 4) is 0 Å². The fourth-order valence-corrected chi connectivity index (χ4v) is 4.34. The van der Waals surface area contributed by atoms with Gasteiger partial charge in [0.05, 0.1) is 16.4 Å². The Bertz CT molecular complexity index is 632. The molecule has 0 amide bonds. The Morgan fingerprint density at radius 1 is 1.50 bits per heavy atom. The van der Waals surface area contributed by atoms with E-state index in [2.05, 4.69) is 0 Å². The van der Waals surface area contributed by atoms with Crippen LogP contribution in [0.25, 0.3) is 0 Å². The van der Waals surface area contributed by atoms with E-state index in [0.29, 0.717) is 6.42 Å². The maximum absolute atomic E-state index is 13.9. The molecule has 1 saturated heterocycles. The van der Waals surface area contributed by atoms with Crippen LogP contribution in [0.3, 0.4) is 0 Å². The van der Waals surface area contributed by atoms with Crippen molar-refractivity contribution in [2.75, 3.05) is 11.5 Å². The molecule has 0 bridgehead atoms. The van der Waals surface area contributed by atoms with Crippen LogP contribution in [-0.4, -0.2) is 30.9 Å². The van der Waals surface area contributed by atoms with Gasteiger partial charge in [-0.05, 0) is 24.3 Å². The van der Waals surface area contributed by atoms with Crippen molar-refractivity contribution in [1.82, 2.24) is 0 Å². The maximum Gasteiger partial charge on any atom is 0.305 e. The smallest absolute Gasteiger partial charge is 0.305 e. The lowest BCUT2D eigenvalue weighted by molar-refractivity contribution is -0.387. The van der Waals surface area contributed by atoms with E-state index >= 15 is 0 Å². The number of hydrogen-bond donors (Lipinski definition) is 1. The lowest BCUT2D eigenvalue weighted by atomic mass is 9.93. The van der Waals surface area contributed by atoms with Crippen LogP contribution in [0.15, 0.2) is 18.2 Å². The first-order valence-electron chi connectivity index (χ1n) is 6.18. The van der Waals surface area contributed by atoms with E-state index < -0.39 is 32.3 Å². The molecule has 0 saturated carbocycles. The summed E-state index contributed by atoms with van der Waals surface area (Å²) in [5.74, 6) is -1.01. The summed E-state index contributed by atoms with van der Waals surface area (Å²) in [4.78, 5) is 9.87. The second-order valence-corrected chi connectivity index (χ2v) is 7.27. The monoisotopic (exact) mass is 302 g/mol. The quantitative estimate of drug-likeness (QED) is 0.661. The summed E-state index contributed by atoms with van der Waals surface area (Å²) in [6.07, 6.45) is 0.549. The molecule has 1 aliphatic heterocycles. The summed E-state index contributed by atoms with van der Waals surface area (Å²) in [6, 6.07) is 3.40. The highest BCUT2D eigenvalue weighted by atomic mass is 32.2. The number of halogens is 1. The molecule has 0 spiro atoms. The second kappa shape index (κ2) is 5.45. The third kappa shape index (κ3) is 3.13. The molecule has 1 fully saturated rings. The Kier molecular flexibility index (Phi) is 4.05. The molecule has 1 aromatic carbocycles. The van der Waals surface area contributed by atoms with Crippen molar-refractivity contribution >= 4 is 15.5 Å². The molecule has 2 atom stereocenters. The Morgan fingerprint density at radius 3 is 2.75 bits per heavy atom. The first-order chi connectivity index (χ1) is 9.30. The van der Waals surface area contributed by atoms with Crippen LogP contribution in [0.4, 0.5) is 10.1 Å². The molecular formula is C12H15FN2O4S. The Hall–Kier alpha value is -1.54. The highest BCUT2D eigenvalue weighted by molar-refractivity contribution is 7.91.